The van der Waals surface area contributed by atoms with Crippen molar-refractivity contribution in [2.24, 2.45) is 16.7 Å². The summed E-state index contributed by atoms with van der Waals surface area (Å²) in [5.74, 6) is 7.40. The molecule has 0 radical (unpaired) electrons. The maximum absolute atomic E-state index is 10.6. The van der Waals surface area contributed by atoms with Gasteiger partial charge in [-0.1, -0.05) is 0 Å². The number of carbonyl (C=O) groups excluding carboxylic acids is 3. The maximum atomic E-state index is 10.6. The molecule has 0 aromatic heterocycles. The van der Waals surface area contributed by atoms with E-state index in [1.165, 1.54) is 14.2 Å². The van der Waals surface area contributed by atoms with Crippen LogP contribution in [0.15, 0.2) is 4.99 Å². The molecule has 0 spiro atoms. The van der Waals surface area contributed by atoms with Crippen LogP contribution in [-0.2, 0) is 28.6 Å². The van der Waals surface area contributed by atoms with E-state index in [4.69, 9.17) is 9.84 Å². The summed E-state index contributed by atoms with van der Waals surface area (Å²) in [5, 5.41) is 8.25. The SMILES string of the molecule is COCC(=O)CC(=O)OC.COCC1=NCC(=O)C1.C[O-].NN.[Na+]. The van der Waals surface area contributed by atoms with Crippen LogP contribution in [0.4, 0.5) is 0 Å². The topological polar surface area (TPSA) is 166 Å². The fourth-order valence-electron chi connectivity index (χ4n) is 1.25. The average Bonchev–Trinajstić information content (AvgIpc) is 2.97. The third-order valence-electron chi connectivity index (χ3n) is 2.07. The smallest absolute Gasteiger partial charge is 0.857 e. The molecule has 0 atom stereocenters. The Balaban J connectivity index is -0.000000133. The number of nitrogens with zero attached hydrogens (tertiary/aromatic N) is 1. The number of hydrogen-bond acceptors (Lipinski definition) is 10. The summed E-state index contributed by atoms with van der Waals surface area (Å²) in [7, 11) is 4.99. The second kappa shape index (κ2) is 24.5. The first kappa shape index (κ1) is 31.1. The number of esters is 1. The summed E-state index contributed by atoms with van der Waals surface area (Å²) in [6.45, 7) is 0.833. The van der Waals surface area contributed by atoms with Crippen molar-refractivity contribution in [3.63, 3.8) is 0 Å². The fourth-order valence-corrected chi connectivity index (χ4v) is 1.25. The van der Waals surface area contributed by atoms with E-state index < -0.39 is 5.97 Å². The quantitative estimate of drug-likeness (QED) is 0.155. The zero-order valence-corrected chi connectivity index (χ0v) is 17.0. The summed E-state index contributed by atoms with van der Waals surface area (Å²) < 4.78 is 13.5. The van der Waals surface area contributed by atoms with E-state index >= 15 is 0 Å². The van der Waals surface area contributed by atoms with Crippen molar-refractivity contribution in [1.29, 1.82) is 0 Å². The summed E-state index contributed by atoms with van der Waals surface area (Å²) >= 11 is 0. The Morgan fingerprint density at radius 2 is 1.71 bits per heavy atom. The van der Waals surface area contributed by atoms with Crippen LogP contribution in [0.5, 0.6) is 0 Å². The van der Waals surface area contributed by atoms with E-state index in [0.717, 1.165) is 12.8 Å². The van der Waals surface area contributed by atoms with Gasteiger partial charge in [0.2, 0.25) is 0 Å². The molecule has 0 aromatic rings. The molecular weight excluding hydrogens is 333 g/mol. The second-order valence-electron chi connectivity index (χ2n) is 3.76. The van der Waals surface area contributed by atoms with Crippen LogP contribution in [0.2, 0.25) is 0 Å². The Labute approximate surface area is 164 Å². The van der Waals surface area contributed by atoms with Gasteiger partial charge in [0.1, 0.15) is 13.0 Å². The minimum atomic E-state index is -0.526. The molecule has 0 saturated heterocycles. The van der Waals surface area contributed by atoms with Gasteiger partial charge in [-0.25, -0.2) is 0 Å². The van der Waals surface area contributed by atoms with Crippen LogP contribution in [-0.4, -0.2) is 71.4 Å². The Kier molecular flexibility index (Phi) is 31.8. The molecule has 0 saturated carbocycles. The van der Waals surface area contributed by atoms with Crippen molar-refractivity contribution in [3.8, 4) is 0 Å². The molecule has 0 fully saturated rings. The number of ketones is 2. The first-order valence-corrected chi connectivity index (χ1v) is 6.37. The van der Waals surface area contributed by atoms with E-state index in [-0.39, 0.29) is 54.2 Å². The number of ether oxygens (including phenoxy) is 3. The third kappa shape index (κ3) is 21.3. The van der Waals surface area contributed by atoms with E-state index in [2.05, 4.69) is 26.2 Å². The van der Waals surface area contributed by atoms with Gasteiger partial charge in [0.15, 0.2) is 11.6 Å². The van der Waals surface area contributed by atoms with Crippen molar-refractivity contribution in [3.05, 3.63) is 0 Å². The van der Waals surface area contributed by atoms with Gasteiger partial charge < -0.3 is 19.3 Å². The largest absolute Gasteiger partial charge is 1.00 e. The number of methoxy groups -OCH3 is 3. The van der Waals surface area contributed by atoms with Crippen LogP contribution in [0.25, 0.3) is 0 Å². The summed E-state index contributed by atoms with van der Waals surface area (Å²) in [6, 6.07) is 0. The van der Waals surface area contributed by atoms with Gasteiger partial charge in [-0.2, -0.15) is 7.11 Å². The minimum absolute atomic E-state index is 0. The molecule has 0 amide bonds. The molecule has 0 aromatic carbocycles. The van der Waals surface area contributed by atoms with Crippen LogP contribution in [0, 0.1) is 0 Å². The van der Waals surface area contributed by atoms with E-state index in [0.29, 0.717) is 19.6 Å². The Morgan fingerprint density at radius 3 is 2.04 bits per heavy atom. The molecule has 24 heavy (non-hydrogen) atoms. The zero-order chi connectivity index (χ0) is 18.7. The Hall–Kier alpha value is -0.720. The van der Waals surface area contributed by atoms with Crippen LogP contribution in [0.1, 0.15) is 12.8 Å². The molecule has 1 heterocycles. The van der Waals surface area contributed by atoms with Crippen molar-refractivity contribution in [2.75, 3.05) is 48.2 Å². The Bertz CT molecular complexity index is 365. The van der Waals surface area contributed by atoms with Gasteiger partial charge in [0.05, 0.1) is 20.3 Å². The molecule has 0 bridgehead atoms. The van der Waals surface area contributed by atoms with Crippen molar-refractivity contribution in [2.45, 2.75) is 12.8 Å². The minimum Gasteiger partial charge on any atom is -0.857 e. The van der Waals surface area contributed by atoms with E-state index in [9.17, 15) is 14.4 Å². The molecule has 1 aliphatic rings. The van der Waals surface area contributed by atoms with Gasteiger partial charge in [0.25, 0.3) is 0 Å². The number of Topliss-reactive ketones (excluding diaryl/α,β-unsaturated/α-hetero) is 2. The van der Waals surface area contributed by atoms with Gasteiger partial charge >= 0.3 is 35.5 Å². The zero-order valence-electron chi connectivity index (χ0n) is 15.0. The Morgan fingerprint density at radius 1 is 1.17 bits per heavy atom. The normalized spacial score (nSPS) is 11.1. The first-order chi connectivity index (χ1) is 11.0. The van der Waals surface area contributed by atoms with Crippen molar-refractivity contribution in [1.82, 2.24) is 0 Å². The van der Waals surface area contributed by atoms with E-state index in [1.54, 1.807) is 7.11 Å². The van der Waals surface area contributed by atoms with Crippen LogP contribution in [0.3, 0.4) is 0 Å². The summed E-state index contributed by atoms with van der Waals surface area (Å²) in [5.41, 5.74) is 0.877. The monoisotopic (exact) mass is 359 g/mol. The number of rotatable bonds is 6. The molecule has 4 N–H and O–H groups in total. The number of nitrogens with two attached hydrogens (primary N) is 2. The molecule has 1 rings (SSSR count). The van der Waals surface area contributed by atoms with Gasteiger partial charge in [0, 0.05) is 26.4 Å². The van der Waals surface area contributed by atoms with Crippen LogP contribution >= 0.6 is 0 Å². The summed E-state index contributed by atoms with van der Waals surface area (Å²) in [6.07, 6.45) is 0.290. The molecular formula is C13H26N3NaO7. The molecule has 136 valence electrons. The number of hydrazine groups is 1. The van der Waals surface area contributed by atoms with Crippen molar-refractivity contribution >= 4 is 23.2 Å². The fraction of sp³-hybridized carbons (Fsp3) is 0.692. The number of hydrogen-bond donors (Lipinski definition) is 2. The van der Waals surface area contributed by atoms with E-state index in [1.807, 2.05) is 0 Å². The predicted octanol–water partition coefficient (Wildman–Crippen LogP) is -5.39. The molecule has 0 aliphatic carbocycles. The third-order valence-corrected chi connectivity index (χ3v) is 2.07. The predicted molar refractivity (Wildman–Crippen MR) is 81.6 cm³/mol. The number of carbonyl (C=O) groups is 3. The maximum Gasteiger partial charge on any atom is 1.00 e. The van der Waals surface area contributed by atoms with Gasteiger partial charge in [-0.3, -0.25) is 31.1 Å². The van der Waals surface area contributed by atoms with Crippen LogP contribution < -0.4 is 46.3 Å². The van der Waals surface area contributed by atoms with Crippen molar-refractivity contribution < 1.29 is 63.3 Å². The second-order valence-corrected chi connectivity index (χ2v) is 3.76. The number of aliphatic imine (C=N–C) groups is 1. The first-order valence-electron chi connectivity index (χ1n) is 6.37. The van der Waals surface area contributed by atoms with Gasteiger partial charge in [-0.05, 0) is 0 Å². The molecule has 10 nitrogen and oxygen atoms in total. The molecule has 1 aliphatic heterocycles. The average molecular weight is 359 g/mol. The molecule has 0 unspecified atom stereocenters. The van der Waals surface area contributed by atoms with Gasteiger partial charge in [-0.15, -0.1) is 0 Å². The summed E-state index contributed by atoms with van der Waals surface area (Å²) in [4.78, 5) is 35.5. The standard InChI is InChI=1S/C6H9NO2.C6H10O4.CH3O.H4N2.Na/c1-9-4-5-2-6(8)3-7-5;1-9-4-5(7)3-6(8)10-2;2*1-2;/h2-4H2,1H3;3-4H2,1-2H3;1H3;1-2H2;/q;;-1;;+1. The molecule has 11 heteroatoms.